The first kappa shape index (κ1) is 17.0. The molecule has 132 valence electrons. The molecule has 1 saturated heterocycles. The van der Waals surface area contributed by atoms with Crippen molar-refractivity contribution in [1.82, 2.24) is 14.7 Å². The van der Waals surface area contributed by atoms with Gasteiger partial charge < -0.3 is 15.0 Å². The SMILES string of the molecule is COc1ccc(C(=O)Nc2ccnn2C2CCN(C(C)=O)CC2)cc1. The molecule has 0 bridgehead atoms. The highest BCUT2D eigenvalue weighted by atomic mass is 16.5. The molecule has 7 nitrogen and oxygen atoms in total. The Labute approximate surface area is 146 Å². The predicted octanol–water partition coefficient (Wildman–Crippen LogP) is 2.33. The summed E-state index contributed by atoms with van der Waals surface area (Å²) in [5.74, 6) is 1.29. The van der Waals surface area contributed by atoms with Gasteiger partial charge in [0.2, 0.25) is 5.91 Å². The third kappa shape index (κ3) is 3.81. The molecular weight excluding hydrogens is 320 g/mol. The van der Waals surface area contributed by atoms with Crippen LogP contribution in [0.5, 0.6) is 5.75 Å². The second-order valence-corrected chi connectivity index (χ2v) is 6.08. The van der Waals surface area contributed by atoms with Gasteiger partial charge in [-0.1, -0.05) is 0 Å². The van der Waals surface area contributed by atoms with Crippen LogP contribution >= 0.6 is 0 Å². The summed E-state index contributed by atoms with van der Waals surface area (Å²) in [5.41, 5.74) is 0.556. The first-order chi connectivity index (χ1) is 12.1. The highest BCUT2D eigenvalue weighted by Crippen LogP contribution is 2.25. The molecule has 0 aliphatic carbocycles. The Morgan fingerprint density at radius 2 is 1.84 bits per heavy atom. The fourth-order valence-electron chi connectivity index (χ4n) is 3.06. The molecule has 2 heterocycles. The quantitative estimate of drug-likeness (QED) is 0.925. The largest absolute Gasteiger partial charge is 0.497 e. The average Bonchev–Trinajstić information content (AvgIpc) is 3.10. The molecule has 2 aromatic rings. The van der Waals surface area contributed by atoms with Crippen LogP contribution < -0.4 is 10.1 Å². The van der Waals surface area contributed by atoms with Gasteiger partial charge >= 0.3 is 0 Å². The number of nitrogens with one attached hydrogen (secondary N) is 1. The third-order valence-electron chi connectivity index (χ3n) is 4.52. The van der Waals surface area contributed by atoms with E-state index in [-0.39, 0.29) is 17.9 Å². The van der Waals surface area contributed by atoms with Gasteiger partial charge in [-0.25, -0.2) is 4.68 Å². The summed E-state index contributed by atoms with van der Waals surface area (Å²) in [4.78, 5) is 25.7. The average molecular weight is 342 g/mol. The van der Waals surface area contributed by atoms with Crippen LogP contribution in [0.4, 0.5) is 5.82 Å². The van der Waals surface area contributed by atoms with Crippen molar-refractivity contribution in [2.24, 2.45) is 0 Å². The van der Waals surface area contributed by atoms with Crippen LogP contribution in [0.2, 0.25) is 0 Å². The number of hydrogen-bond acceptors (Lipinski definition) is 4. The van der Waals surface area contributed by atoms with Gasteiger partial charge in [0.15, 0.2) is 0 Å². The fourth-order valence-corrected chi connectivity index (χ4v) is 3.06. The molecule has 1 aliphatic rings. The number of nitrogens with zero attached hydrogens (tertiary/aromatic N) is 3. The summed E-state index contributed by atoms with van der Waals surface area (Å²) >= 11 is 0. The third-order valence-corrected chi connectivity index (χ3v) is 4.52. The minimum Gasteiger partial charge on any atom is -0.497 e. The van der Waals surface area contributed by atoms with Gasteiger partial charge in [0, 0.05) is 31.6 Å². The molecule has 0 atom stereocenters. The highest BCUT2D eigenvalue weighted by Gasteiger charge is 2.24. The minimum atomic E-state index is -0.189. The molecule has 0 spiro atoms. The van der Waals surface area contributed by atoms with Gasteiger partial charge in [0.1, 0.15) is 11.6 Å². The molecule has 0 saturated carbocycles. The van der Waals surface area contributed by atoms with Crippen LogP contribution in [0.15, 0.2) is 36.5 Å². The van der Waals surface area contributed by atoms with E-state index in [0.717, 1.165) is 12.8 Å². The molecular formula is C18H22N4O3. The lowest BCUT2D eigenvalue weighted by Gasteiger charge is -2.32. The second kappa shape index (κ2) is 7.38. The summed E-state index contributed by atoms with van der Waals surface area (Å²) in [5, 5.41) is 7.28. The summed E-state index contributed by atoms with van der Waals surface area (Å²) in [6.45, 7) is 3.02. The summed E-state index contributed by atoms with van der Waals surface area (Å²) in [6, 6.07) is 8.92. The van der Waals surface area contributed by atoms with Gasteiger partial charge in [-0.15, -0.1) is 0 Å². The lowest BCUT2D eigenvalue weighted by atomic mass is 10.1. The zero-order chi connectivity index (χ0) is 17.8. The van der Waals surface area contributed by atoms with Crippen molar-refractivity contribution in [3.05, 3.63) is 42.1 Å². The van der Waals surface area contributed by atoms with Crippen molar-refractivity contribution in [2.45, 2.75) is 25.8 Å². The number of amides is 2. The topological polar surface area (TPSA) is 76.5 Å². The van der Waals surface area contributed by atoms with E-state index in [1.807, 2.05) is 9.58 Å². The molecule has 1 aromatic carbocycles. The molecule has 7 heteroatoms. The Morgan fingerprint density at radius 1 is 1.16 bits per heavy atom. The second-order valence-electron chi connectivity index (χ2n) is 6.08. The summed E-state index contributed by atoms with van der Waals surface area (Å²) in [7, 11) is 1.59. The maximum atomic E-state index is 12.4. The highest BCUT2D eigenvalue weighted by molar-refractivity contribution is 6.03. The van der Waals surface area contributed by atoms with E-state index in [1.54, 1.807) is 50.6 Å². The zero-order valence-electron chi connectivity index (χ0n) is 14.4. The van der Waals surface area contributed by atoms with Crippen molar-refractivity contribution in [1.29, 1.82) is 0 Å². The summed E-state index contributed by atoms with van der Waals surface area (Å²) in [6.07, 6.45) is 3.33. The summed E-state index contributed by atoms with van der Waals surface area (Å²) < 4.78 is 6.95. The van der Waals surface area contributed by atoms with E-state index >= 15 is 0 Å². The molecule has 25 heavy (non-hydrogen) atoms. The predicted molar refractivity (Wildman–Crippen MR) is 93.7 cm³/mol. The van der Waals surface area contributed by atoms with Crippen molar-refractivity contribution in [3.8, 4) is 5.75 Å². The molecule has 0 radical (unpaired) electrons. The normalized spacial score (nSPS) is 15.0. The van der Waals surface area contributed by atoms with E-state index in [9.17, 15) is 9.59 Å². The van der Waals surface area contributed by atoms with Crippen LogP contribution in [0.3, 0.4) is 0 Å². The van der Waals surface area contributed by atoms with Crippen molar-refractivity contribution in [3.63, 3.8) is 0 Å². The number of carbonyl (C=O) groups excluding carboxylic acids is 2. The number of benzene rings is 1. The number of aromatic nitrogens is 2. The Hall–Kier alpha value is -2.83. The van der Waals surface area contributed by atoms with E-state index in [1.165, 1.54) is 0 Å². The number of ether oxygens (including phenoxy) is 1. The molecule has 3 rings (SSSR count). The number of methoxy groups -OCH3 is 1. The van der Waals surface area contributed by atoms with E-state index < -0.39 is 0 Å². The van der Waals surface area contributed by atoms with Gasteiger partial charge in [-0.2, -0.15) is 5.10 Å². The molecule has 1 aromatic heterocycles. The first-order valence-corrected chi connectivity index (χ1v) is 8.33. The van der Waals surface area contributed by atoms with Gasteiger partial charge in [0.05, 0.1) is 19.3 Å². The van der Waals surface area contributed by atoms with Crippen molar-refractivity contribution in [2.75, 3.05) is 25.5 Å². The Bertz CT molecular complexity index is 746. The zero-order valence-corrected chi connectivity index (χ0v) is 14.4. The number of carbonyl (C=O) groups is 2. The maximum Gasteiger partial charge on any atom is 0.256 e. The number of rotatable bonds is 4. The number of hydrogen-bond donors (Lipinski definition) is 1. The van der Waals surface area contributed by atoms with E-state index in [2.05, 4.69) is 10.4 Å². The number of anilines is 1. The van der Waals surface area contributed by atoms with E-state index in [4.69, 9.17) is 4.74 Å². The number of piperidine rings is 1. The Morgan fingerprint density at radius 3 is 2.44 bits per heavy atom. The molecule has 2 amide bonds. The fraction of sp³-hybridized carbons (Fsp3) is 0.389. The van der Waals surface area contributed by atoms with Crippen LogP contribution in [0.25, 0.3) is 0 Å². The van der Waals surface area contributed by atoms with Crippen molar-refractivity contribution < 1.29 is 14.3 Å². The molecule has 1 aliphatic heterocycles. The van der Waals surface area contributed by atoms with Crippen LogP contribution in [-0.4, -0.2) is 46.7 Å². The molecule has 1 fully saturated rings. The lowest BCUT2D eigenvalue weighted by molar-refractivity contribution is -0.130. The standard InChI is InChI=1S/C18H22N4O3/c1-13(23)21-11-8-15(9-12-21)22-17(7-10-19-22)20-18(24)14-3-5-16(25-2)6-4-14/h3-7,10,15H,8-9,11-12H2,1-2H3,(H,20,24). The maximum absolute atomic E-state index is 12.4. The Balaban J connectivity index is 1.67. The smallest absolute Gasteiger partial charge is 0.256 e. The van der Waals surface area contributed by atoms with Crippen LogP contribution in [-0.2, 0) is 4.79 Å². The van der Waals surface area contributed by atoms with E-state index in [0.29, 0.717) is 30.2 Å². The van der Waals surface area contributed by atoms with Crippen molar-refractivity contribution >= 4 is 17.6 Å². The van der Waals surface area contributed by atoms with Gasteiger partial charge in [-0.05, 0) is 37.1 Å². The van der Waals surface area contributed by atoms with Crippen LogP contribution in [0, 0.1) is 0 Å². The molecule has 0 unspecified atom stereocenters. The molecule has 1 N–H and O–H groups in total. The first-order valence-electron chi connectivity index (χ1n) is 8.33. The Kier molecular flexibility index (Phi) is 5.02. The van der Waals surface area contributed by atoms with Gasteiger partial charge in [-0.3, -0.25) is 9.59 Å². The van der Waals surface area contributed by atoms with Crippen LogP contribution in [0.1, 0.15) is 36.2 Å². The monoisotopic (exact) mass is 342 g/mol. The number of likely N-dealkylation sites (tertiary alicyclic amines) is 1. The van der Waals surface area contributed by atoms with Gasteiger partial charge in [0.25, 0.3) is 5.91 Å². The minimum absolute atomic E-state index is 0.104. The lowest BCUT2D eigenvalue weighted by Crippen LogP contribution is -2.38.